The number of fused-ring (bicyclic) bond motifs is 5. The summed E-state index contributed by atoms with van der Waals surface area (Å²) in [4.78, 5) is 13.9. The fourth-order valence-corrected chi connectivity index (χ4v) is 8.22. The number of ether oxygens (including phenoxy) is 2. The van der Waals surface area contributed by atoms with Crippen molar-refractivity contribution in [3.05, 3.63) is 35.3 Å². The smallest absolute Gasteiger partial charge is 0.417 e. The highest BCUT2D eigenvalue weighted by molar-refractivity contribution is 6.15. The zero-order valence-corrected chi connectivity index (χ0v) is 27.7. The van der Waals surface area contributed by atoms with E-state index in [1.54, 1.807) is 30.3 Å². The van der Waals surface area contributed by atoms with Gasteiger partial charge < -0.3 is 24.0 Å². The molecule has 4 aromatic heterocycles. The Hall–Kier alpha value is -4.28. The van der Waals surface area contributed by atoms with Gasteiger partial charge in [-0.1, -0.05) is 0 Å². The van der Waals surface area contributed by atoms with E-state index in [-0.39, 0.29) is 53.6 Å². The van der Waals surface area contributed by atoms with Gasteiger partial charge >= 0.3 is 12.2 Å². The molecule has 2 N–H and O–H groups in total. The van der Waals surface area contributed by atoms with Crippen molar-refractivity contribution in [1.82, 2.24) is 39.4 Å². The molecule has 2 atom stereocenters. The maximum atomic E-state index is 14.8. The molecule has 0 unspecified atom stereocenters. The van der Waals surface area contributed by atoms with Crippen LogP contribution in [0.2, 0.25) is 0 Å². The second kappa shape index (κ2) is 11.1. The number of nitrogens with one attached hydrogen (secondary N) is 1. The quantitative estimate of drug-likeness (QED) is 0.252. The van der Waals surface area contributed by atoms with Crippen LogP contribution >= 0.6 is 0 Å². The number of anilines is 1. The third-order valence-corrected chi connectivity index (χ3v) is 10.3. The average Bonchev–Trinajstić information content (AvgIpc) is 3.83. The number of hydrogen-bond donors (Lipinski definition) is 2. The molecule has 0 aliphatic carbocycles. The summed E-state index contributed by atoms with van der Waals surface area (Å²) in [5, 5.41) is 23.7. The minimum Gasteiger partial charge on any atom is -0.461 e. The summed E-state index contributed by atoms with van der Waals surface area (Å²) in [7, 11) is 3.41. The van der Waals surface area contributed by atoms with Crippen LogP contribution in [0.1, 0.15) is 37.3 Å². The van der Waals surface area contributed by atoms with Crippen LogP contribution in [0.15, 0.2) is 24.2 Å². The maximum absolute atomic E-state index is 14.8. The van der Waals surface area contributed by atoms with Crippen molar-refractivity contribution < 1.29 is 32.1 Å². The molecular weight excluding hydrogens is 646 g/mol. The topological polar surface area (TPSA) is 122 Å². The molecule has 0 bridgehead atoms. The van der Waals surface area contributed by atoms with Crippen molar-refractivity contribution in [1.29, 1.82) is 0 Å². The van der Waals surface area contributed by atoms with Crippen molar-refractivity contribution in [3.63, 3.8) is 0 Å². The molecule has 0 amide bonds. The largest absolute Gasteiger partial charge is 0.461 e. The molecule has 8 rings (SSSR count). The van der Waals surface area contributed by atoms with E-state index < -0.39 is 17.3 Å². The molecule has 0 radical (unpaired) electrons. The van der Waals surface area contributed by atoms with Crippen molar-refractivity contribution in [3.8, 4) is 17.3 Å². The molecule has 12 nitrogen and oxygen atoms in total. The van der Waals surface area contributed by atoms with Gasteiger partial charge in [0, 0.05) is 38.1 Å². The summed E-state index contributed by atoms with van der Waals surface area (Å²) in [6.07, 6.45) is -0.135. The highest BCUT2D eigenvalue weighted by Crippen LogP contribution is 2.47. The first-order chi connectivity index (χ1) is 23.3. The van der Waals surface area contributed by atoms with Gasteiger partial charge in [-0.25, -0.2) is 4.39 Å². The number of aliphatic hydroxyl groups is 1. The molecule has 3 aliphatic rings. The van der Waals surface area contributed by atoms with E-state index in [4.69, 9.17) is 24.5 Å². The van der Waals surface area contributed by atoms with Crippen LogP contribution in [0, 0.1) is 6.92 Å². The normalized spacial score (nSPS) is 24.6. The van der Waals surface area contributed by atoms with Crippen molar-refractivity contribution in [2.24, 2.45) is 14.1 Å². The average molecular weight is 684 g/mol. The highest BCUT2D eigenvalue weighted by Gasteiger charge is 2.47. The van der Waals surface area contributed by atoms with Crippen molar-refractivity contribution in [2.75, 3.05) is 50.9 Å². The predicted octanol–water partition coefficient (Wildman–Crippen LogP) is 4.78. The number of aromatic nitrogens is 7. The summed E-state index contributed by atoms with van der Waals surface area (Å²) in [5.41, 5.74) is -0.0171. The van der Waals surface area contributed by atoms with Gasteiger partial charge in [-0.3, -0.25) is 14.7 Å². The molecule has 3 fully saturated rings. The lowest BCUT2D eigenvalue weighted by Gasteiger charge is -2.31. The van der Waals surface area contributed by atoms with Gasteiger partial charge in [0.2, 0.25) is 0 Å². The minimum atomic E-state index is -4.68. The van der Waals surface area contributed by atoms with Crippen LogP contribution in [-0.4, -0.2) is 102 Å². The van der Waals surface area contributed by atoms with E-state index in [1.807, 2.05) is 4.90 Å². The first kappa shape index (κ1) is 32.0. The number of halogens is 4. The second-order valence-corrected chi connectivity index (χ2v) is 14.0. The van der Waals surface area contributed by atoms with Crippen LogP contribution in [0.25, 0.3) is 44.2 Å². The minimum absolute atomic E-state index is 0.0509. The molecule has 0 spiro atoms. The number of aryl methyl sites for hydroxylation is 3. The van der Waals surface area contributed by atoms with Gasteiger partial charge in [0.15, 0.2) is 5.65 Å². The van der Waals surface area contributed by atoms with Gasteiger partial charge in [0.1, 0.15) is 23.7 Å². The van der Waals surface area contributed by atoms with E-state index in [2.05, 4.69) is 15.1 Å². The second-order valence-electron chi connectivity index (χ2n) is 14.0. The molecule has 5 aromatic rings. The molecule has 49 heavy (non-hydrogen) atoms. The predicted molar refractivity (Wildman–Crippen MR) is 174 cm³/mol. The van der Waals surface area contributed by atoms with Gasteiger partial charge in [-0.15, -0.1) is 0 Å². The number of benzene rings is 1. The van der Waals surface area contributed by atoms with Gasteiger partial charge in [0.05, 0.1) is 65.3 Å². The van der Waals surface area contributed by atoms with E-state index in [9.17, 15) is 22.7 Å². The third kappa shape index (κ3) is 5.05. The molecule has 1 aromatic carbocycles. The summed E-state index contributed by atoms with van der Waals surface area (Å²) < 4.78 is 73.3. The summed E-state index contributed by atoms with van der Waals surface area (Å²) in [5.74, 6) is 0.439. The Labute approximate surface area is 278 Å². The first-order valence-electron chi connectivity index (χ1n) is 16.3. The fraction of sp³-hybridized carbons (Fsp3) is 0.515. The monoisotopic (exact) mass is 683 g/mol. The number of nitrogens with zero attached hydrogens (tertiary/aromatic N) is 8. The SMILES string of the molecule is Cc1cc2cn[nH]c2c(-c2nn(C)c3c4c(N5CCOC[C@@](C)(O)C5)nc(OC[C@@]56CCCN5C/C(=C\F)C6)nc4n(C)c23)c1C(F)(F)F. The summed E-state index contributed by atoms with van der Waals surface area (Å²) in [6, 6.07) is 1.55. The summed E-state index contributed by atoms with van der Waals surface area (Å²) >= 11 is 0. The molecule has 3 saturated heterocycles. The Morgan fingerprint density at radius 1 is 1.18 bits per heavy atom. The number of alkyl halides is 3. The van der Waals surface area contributed by atoms with Gasteiger partial charge in [-0.05, 0) is 56.9 Å². The number of hydrogen-bond acceptors (Lipinski definition) is 9. The van der Waals surface area contributed by atoms with Crippen molar-refractivity contribution in [2.45, 2.75) is 50.4 Å². The molecule has 3 aliphatic heterocycles. The Morgan fingerprint density at radius 2 is 2.00 bits per heavy atom. The molecule has 260 valence electrons. The Kier molecular flexibility index (Phi) is 7.25. The molecule has 7 heterocycles. The van der Waals surface area contributed by atoms with Crippen LogP contribution in [0.5, 0.6) is 6.01 Å². The zero-order chi connectivity index (χ0) is 34.5. The maximum Gasteiger partial charge on any atom is 0.417 e. The molecule has 16 heteroatoms. The first-order valence-corrected chi connectivity index (χ1v) is 16.3. The Balaban J connectivity index is 1.35. The summed E-state index contributed by atoms with van der Waals surface area (Å²) in [6.45, 7) is 5.74. The zero-order valence-electron chi connectivity index (χ0n) is 27.7. The fourth-order valence-electron chi connectivity index (χ4n) is 8.22. The van der Waals surface area contributed by atoms with E-state index in [1.165, 1.54) is 19.2 Å². The lowest BCUT2D eigenvalue weighted by Crippen LogP contribution is -2.44. The Morgan fingerprint density at radius 3 is 2.78 bits per heavy atom. The number of H-pyrrole nitrogens is 1. The lowest BCUT2D eigenvalue weighted by molar-refractivity contribution is -0.137. The van der Waals surface area contributed by atoms with Gasteiger partial charge in [-0.2, -0.15) is 33.3 Å². The lowest BCUT2D eigenvalue weighted by atomic mass is 9.94. The standard InChI is InChI=1S/C33H37F4N9O3/c1-18-10-20-13-38-41-24(20)21(23(18)33(35,36)37)25-27-26(44(4)42-25)22-28(43(27)3)39-30(40-29(22)45-8-9-48-16-31(2,47)15-45)49-17-32-6-5-7-46(32)14-19(11-32)12-34/h10,12-13,47H,5-9,11,14-17H2,1-4H3,(H,38,41)/b19-12-/t31-,32-/m0/s1. The van der Waals surface area contributed by atoms with E-state index in [0.29, 0.717) is 65.7 Å². The van der Waals surface area contributed by atoms with E-state index in [0.717, 1.165) is 25.0 Å². The highest BCUT2D eigenvalue weighted by atomic mass is 19.4. The Bertz CT molecular complexity index is 2150. The molecule has 0 saturated carbocycles. The van der Waals surface area contributed by atoms with E-state index >= 15 is 0 Å². The van der Waals surface area contributed by atoms with Crippen LogP contribution in [0.3, 0.4) is 0 Å². The number of aromatic amines is 1. The number of rotatable bonds is 5. The van der Waals surface area contributed by atoms with Crippen molar-refractivity contribution >= 4 is 38.8 Å². The molecular formula is C33H37F4N9O3. The van der Waals surface area contributed by atoms with Crippen LogP contribution in [0.4, 0.5) is 23.4 Å². The van der Waals surface area contributed by atoms with Crippen LogP contribution < -0.4 is 9.64 Å². The third-order valence-electron chi connectivity index (χ3n) is 10.3. The van der Waals surface area contributed by atoms with Gasteiger partial charge in [0.25, 0.3) is 0 Å². The number of β-amino-alcohol motifs (C(OH)–C–C–N with tert-alkyl or cyclic N) is 1. The van der Waals surface area contributed by atoms with Crippen LogP contribution in [-0.2, 0) is 25.0 Å².